The van der Waals surface area contributed by atoms with Crippen LogP contribution in [0, 0.1) is 5.95 Å². The maximum atomic E-state index is 12.8. The molecule has 0 amide bonds. The molecule has 2 unspecified atom stereocenters. The Labute approximate surface area is 87.9 Å². The van der Waals surface area contributed by atoms with Crippen molar-refractivity contribution in [1.82, 2.24) is 4.98 Å². The van der Waals surface area contributed by atoms with Gasteiger partial charge in [0, 0.05) is 18.4 Å². The molecule has 2 heterocycles. The maximum absolute atomic E-state index is 12.8. The highest BCUT2D eigenvalue weighted by atomic mass is 19.1. The molecule has 0 aromatic carbocycles. The minimum Gasteiger partial charge on any atom is -0.471 e. The standard InChI is InChI=1S/C11H14FNO2/c1-7(14)5-11(2)6-8-3-4-9(12)13-10(8)15-11/h3-4,7,14H,5-6H2,1-2H3. The van der Waals surface area contributed by atoms with E-state index in [4.69, 9.17) is 4.74 Å². The first-order valence-corrected chi connectivity index (χ1v) is 5.01. The number of ether oxygens (including phenoxy) is 1. The molecule has 15 heavy (non-hydrogen) atoms. The highest BCUT2D eigenvalue weighted by molar-refractivity contribution is 5.32. The van der Waals surface area contributed by atoms with Crippen LogP contribution in [0.15, 0.2) is 12.1 Å². The summed E-state index contributed by atoms with van der Waals surface area (Å²) in [6.45, 7) is 3.62. The quantitative estimate of drug-likeness (QED) is 0.757. The molecular weight excluding hydrogens is 197 g/mol. The molecule has 82 valence electrons. The van der Waals surface area contributed by atoms with Gasteiger partial charge in [-0.3, -0.25) is 0 Å². The zero-order valence-corrected chi connectivity index (χ0v) is 8.83. The van der Waals surface area contributed by atoms with Crippen LogP contribution in [0.5, 0.6) is 5.88 Å². The third-order valence-electron chi connectivity index (χ3n) is 2.54. The fourth-order valence-corrected chi connectivity index (χ4v) is 2.08. The number of nitrogens with zero attached hydrogens (tertiary/aromatic N) is 1. The van der Waals surface area contributed by atoms with Gasteiger partial charge in [-0.25, -0.2) is 0 Å². The van der Waals surface area contributed by atoms with Gasteiger partial charge in [0.25, 0.3) is 0 Å². The van der Waals surface area contributed by atoms with Crippen LogP contribution in [0.3, 0.4) is 0 Å². The highest BCUT2D eigenvalue weighted by Gasteiger charge is 2.36. The predicted octanol–water partition coefficient (Wildman–Crippen LogP) is 1.69. The van der Waals surface area contributed by atoms with E-state index in [0.29, 0.717) is 18.7 Å². The van der Waals surface area contributed by atoms with Gasteiger partial charge in [-0.05, 0) is 26.0 Å². The first-order valence-electron chi connectivity index (χ1n) is 5.01. The van der Waals surface area contributed by atoms with Crippen molar-refractivity contribution in [3.63, 3.8) is 0 Å². The predicted molar refractivity (Wildman–Crippen MR) is 53.2 cm³/mol. The SMILES string of the molecule is CC(O)CC1(C)Cc2ccc(F)nc2O1. The normalized spacial score (nSPS) is 25.9. The number of aliphatic hydroxyl groups is 1. The van der Waals surface area contributed by atoms with Gasteiger partial charge in [0.05, 0.1) is 6.10 Å². The Morgan fingerprint density at radius 2 is 2.40 bits per heavy atom. The molecule has 1 aromatic rings. The Balaban J connectivity index is 2.21. The fourth-order valence-electron chi connectivity index (χ4n) is 2.08. The number of pyridine rings is 1. The molecule has 1 aromatic heterocycles. The van der Waals surface area contributed by atoms with Crippen LogP contribution < -0.4 is 4.74 Å². The van der Waals surface area contributed by atoms with Gasteiger partial charge in [-0.15, -0.1) is 0 Å². The second kappa shape index (κ2) is 3.45. The summed E-state index contributed by atoms with van der Waals surface area (Å²) in [5.74, 6) is -0.173. The Hall–Kier alpha value is -1.16. The lowest BCUT2D eigenvalue weighted by atomic mass is 9.94. The Kier molecular flexibility index (Phi) is 2.38. The zero-order chi connectivity index (χ0) is 11.1. The van der Waals surface area contributed by atoms with Gasteiger partial charge >= 0.3 is 0 Å². The third kappa shape index (κ3) is 2.09. The average molecular weight is 211 g/mol. The third-order valence-corrected chi connectivity index (χ3v) is 2.54. The second-order valence-corrected chi connectivity index (χ2v) is 4.38. The Bertz CT molecular complexity index is 381. The van der Waals surface area contributed by atoms with Crippen LogP contribution >= 0.6 is 0 Å². The number of aliphatic hydroxyl groups excluding tert-OH is 1. The van der Waals surface area contributed by atoms with E-state index in [1.807, 2.05) is 6.92 Å². The summed E-state index contributed by atoms with van der Waals surface area (Å²) in [5.41, 5.74) is 0.441. The van der Waals surface area contributed by atoms with Crippen molar-refractivity contribution < 1.29 is 14.2 Å². The molecular formula is C11H14FNO2. The first kappa shape index (κ1) is 10.4. The van der Waals surface area contributed by atoms with E-state index >= 15 is 0 Å². The molecule has 1 aliphatic heterocycles. The minimum atomic E-state index is -0.532. The van der Waals surface area contributed by atoms with Crippen molar-refractivity contribution in [3.8, 4) is 5.88 Å². The fraction of sp³-hybridized carbons (Fsp3) is 0.545. The molecule has 2 atom stereocenters. The number of aromatic nitrogens is 1. The van der Waals surface area contributed by atoms with Crippen molar-refractivity contribution in [2.45, 2.75) is 38.4 Å². The lowest BCUT2D eigenvalue weighted by Crippen LogP contribution is -2.34. The van der Waals surface area contributed by atoms with Gasteiger partial charge in [0.2, 0.25) is 11.8 Å². The summed E-state index contributed by atoms with van der Waals surface area (Å²) in [4.78, 5) is 3.69. The highest BCUT2D eigenvalue weighted by Crippen LogP contribution is 2.35. The van der Waals surface area contributed by atoms with Crippen molar-refractivity contribution in [2.24, 2.45) is 0 Å². The van der Waals surface area contributed by atoms with Crippen molar-refractivity contribution in [1.29, 1.82) is 0 Å². The lowest BCUT2D eigenvalue weighted by Gasteiger charge is -2.24. The molecule has 1 aliphatic rings. The molecule has 0 bridgehead atoms. The van der Waals surface area contributed by atoms with E-state index < -0.39 is 17.7 Å². The van der Waals surface area contributed by atoms with Crippen molar-refractivity contribution in [3.05, 3.63) is 23.6 Å². The number of fused-ring (bicyclic) bond motifs is 1. The number of hydrogen-bond donors (Lipinski definition) is 1. The molecule has 0 aliphatic carbocycles. The molecule has 1 N–H and O–H groups in total. The van der Waals surface area contributed by atoms with E-state index in [2.05, 4.69) is 4.98 Å². The molecule has 0 saturated heterocycles. The van der Waals surface area contributed by atoms with E-state index in [1.165, 1.54) is 6.07 Å². The summed E-state index contributed by atoms with van der Waals surface area (Å²) in [5, 5.41) is 9.34. The summed E-state index contributed by atoms with van der Waals surface area (Å²) >= 11 is 0. The summed E-state index contributed by atoms with van der Waals surface area (Å²) < 4.78 is 18.4. The van der Waals surface area contributed by atoms with Gasteiger partial charge in [0.1, 0.15) is 5.60 Å². The largest absolute Gasteiger partial charge is 0.471 e. The maximum Gasteiger partial charge on any atom is 0.219 e. The van der Waals surface area contributed by atoms with E-state index in [9.17, 15) is 9.50 Å². The number of hydrogen-bond acceptors (Lipinski definition) is 3. The van der Waals surface area contributed by atoms with Gasteiger partial charge in [-0.2, -0.15) is 9.37 Å². The molecule has 0 fully saturated rings. The van der Waals surface area contributed by atoms with Gasteiger partial charge in [0.15, 0.2) is 0 Å². The monoisotopic (exact) mass is 211 g/mol. The Morgan fingerprint density at radius 1 is 1.67 bits per heavy atom. The summed E-state index contributed by atoms with van der Waals surface area (Å²) in [6, 6.07) is 3.02. The molecule has 0 saturated carbocycles. The van der Waals surface area contributed by atoms with Crippen molar-refractivity contribution >= 4 is 0 Å². The molecule has 4 heteroatoms. The summed E-state index contributed by atoms with van der Waals surface area (Å²) in [6.07, 6.45) is 0.750. The second-order valence-electron chi connectivity index (χ2n) is 4.38. The van der Waals surface area contributed by atoms with E-state index in [1.54, 1.807) is 13.0 Å². The molecule has 0 radical (unpaired) electrons. The van der Waals surface area contributed by atoms with Crippen molar-refractivity contribution in [2.75, 3.05) is 0 Å². The van der Waals surface area contributed by atoms with Crippen LogP contribution in [0.2, 0.25) is 0 Å². The molecule has 0 spiro atoms. The number of halogens is 1. The first-order chi connectivity index (χ1) is 6.98. The van der Waals surface area contributed by atoms with Crippen LogP contribution in [-0.2, 0) is 6.42 Å². The van der Waals surface area contributed by atoms with Gasteiger partial charge < -0.3 is 9.84 Å². The molecule has 2 rings (SSSR count). The number of rotatable bonds is 2. The zero-order valence-electron chi connectivity index (χ0n) is 8.83. The minimum absolute atomic E-state index is 0.359. The van der Waals surface area contributed by atoms with E-state index in [-0.39, 0.29) is 0 Å². The van der Waals surface area contributed by atoms with E-state index in [0.717, 1.165) is 5.56 Å². The van der Waals surface area contributed by atoms with Crippen LogP contribution in [0.4, 0.5) is 4.39 Å². The van der Waals surface area contributed by atoms with Crippen LogP contribution in [0.25, 0.3) is 0 Å². The topological polar surface area (TPSA) is 42.4 Å². The Morgan fingerprint density at radius 3 is 3.07 bits per heavy atom. The smallest absolute Gasteiger partial charge is 0.219 e. The van der Waals surface area contributed by atoms with Gasteiger partial charge in [-0.1, -0.05) is 0 Å². The summed E-state index contributed by atoms with van der Waals surface area (Å²) in [7, 11) is 0. The average Bonchev–Trinajstić information content (AvgIpc) is 2.38. The lowest BCUT2D eigenvalue weighted by molar-refractivity contribution is 0.0455. The van der Waals surface area contributed by atoms with Crippen LogP contribution in [0.1, 0.15) is 25.8 Å². The van der Waals surface area contributed by atoms with Crippen LogP contribution in [-0.4, -0.2) is 21.8 Å². The molecule has 3 nitrogen and oxygen atoms in total.